The first-order valence-corrected chi connectivity index (χ1v) is 13.8. The Balaban J connectivity index is 1.28. The van der Waals surface area contributed by atoms with E-state index in [0.29, 0.717) is 25.0 Å². The lowest BCUT2D eigenvalue weighted by molar-refractivity contribution is -0.146. The normalized spacial score (nSPS) is 19.7. The summed E-state index contributed by atoms with van der Waals surface area (Å²) in [7, 11) is 0. The Kier molecular flexibility index (Phi) is 6.09. The van der Waals surface area contributed by atoms with Gasteiger partial charge in [0.25, 0.3) is 5.91 Å². The number of carbonyl (C=O) groups is 1. The number of nitrogens with one attached hydrogen (secondary N) is 2. The number of morpholine rings is 1. The number of piperidine rings is 1. The predicted octanol–water partition coefficient (Wildman–Crippen LogP) is 4.37. The summed E-state index contributed by atoms with van der Waals surface area (Å²) in [5.74, 6) is 1.01. The molecule has 2 aliphatic heterocycles. The molecule has 1 atom stereocenters. The van der Waals surface area contributed by atoms with E-state index >= 15 is 0 Å². The molecule has 190 valence electrons. The van der Waals surface area contributed by atoms with Crippen molar-refractivity contribution in [2.75, 3.05) is 32.8 Å². The zero-order chi connectivity index (χ0) is 25.0. The summed E-state index contributed by atoms with van der Waals surface area (Å²) in [5.41, 5.74) is 7.11. The second-order valence-electron chi connectivity index (χ2n) is 10.5. The van der Waals surface area contributed by atoms with Gasteiger partial charge in [-0.15, -0.1) is 11.3 Å². The van der Waals surface area contributed by atoms with Gasteiger partial charge in [-0.05, 0) is 61.3 Å². The van der Waals surface area contributed by atoms with Crippen molar-refractivity contribution in [3.05, 3.63) is 40.2 Å². The molecule has 0 bridgehead atoms. The van der Waals surface area contributed by atoms with E-state index in [1.54, 1.807) is 6.33 Å². The third-order valence-electron chi connectivity index (χ3n) is 7.77. The summed E-state index contributed by atoms with van der Waals surface area (Å²) < 4.78 is 7.56. The molecule has 36 heavy (non-hydrogen) atoms. The van der Waals surface area contributed by atoms with Crippen LogP contribution in [0.3, 0.4) is 0 Å². The topological polar surface area (TPSA) is 87.5 Å². The minimum absolute atomic E-state index is 0.141. The zero-order valence-electron chi connectivity index (χ0n) is 21.4. The molecule has 2 saturated heterocycles. The smallest absolute Gasteiger partial charge is 0.253 e. The lowest BCUT2D eigenvalue weighted by Gasteiger charge is -2.35. The minimum Gasteiger partial charge on any atom is -0.366 e. The SMILES string of the molecule is Cc1c(C2CCN(C(=O)[C@@H]3CNCCO3)CC2)sc2[nH]c(-c3cc(C)c4ncnn4c3)c(C(C)C)c12. The maximum Gasteiger partial charge on any atom is 0.253 e. The third-order valence-corrected chi connectivity index (χ3v) is 9.14. The van der Waals surface area contributed by atoms with Crippen LogP contribution in [-0.4, -0.2) is 69.3 Å². The van der Waals surface area contributed by atoms with Crippen molar-refractivity contribution in [1.82, 2.24) is 29.8 Å². The number of aromatic amines is 1. The van der Waals surface area contributed by atoms with Gasteiger partial charge in [-0.25, -0.2) is 9.50 Å². The monoisotopic (exact) mass is 506 g/mol. The summed E-state index contributed by atoms with van der Waals surface area (Å²) in [4.78, 5) is 25.8. The van der Waals surface area contributed by atoms with Gasteiger partial charge in [0.05, 0.1) is 12.3 Å². The van der Waals surface area contributed by atoms with Crippen LogP contribution in [0, 0.1) is 13.8 Å². The highest BCUT2D eigenvalue weighted by atomic mass is 32.1. The summed E-state index contributed by atoms with van der Waals surface area (Å²) in [5, 5.41) is 9.02. The number of hydrogen-bond donors (Lipinski definition) is 2. The maximum absolute atomic E-state index is 12.9. The quantitative estimate of drug-likeness (QED) is 0.429. The molecule has 6 heterocycles. The second-order valence-corrected chi connectivity index (χ2v) is 11.5. The lowest BCUT2D eigenvalue weighted by atomic mass is 9.90. The number of carbonyl (C=O) groups excluding carboxylic acids is 1. The van der Waals surface area contributed by atoms with Gasteiger partial charge >= 0.3 is 0 Å². The zero-order valence-corrected chi connectivity index (χ0v) is 22.2. The molecule has 6 rings (SSSR count). The number of H-pyrrole nitrogens is 1. The average molecular weight is 507 g/mol. The molecule has 0 radical (unpaired) electrons. The van der Waals surface area contributed by atoms with Crippen LogP contribution >= 0.6 is 11.3 Å². The van der Waals surface area contributed by atoms with Crippen LogP contribution in [0.25, 0.3) is 27.1 Å². The van der Waals surface area contributed by atoms with E-state index < -0.39 is 0 Å². The summed E-state index contributed by atoms with van der Waals surface area (Å²) >= 11 is 1.90. The number of nitrogens with zero attached hydrogens (tertiary/aromatic N) is 4. The van der Waals surface area contributed by atoms with Crippen molar-refractivity contribution in [3.8, 4) is 11.3 Å². The Labute approximate surface area is 215 Å². The van der Waals surface area contributed by atoms with E-state index in [1.807, 2.05) is 20.8 Å². The first kappa shape index (κ1) is 23.6. The van der Waals surface area contributed by atoms with Gasteiger partial charge in [-0.2, -0.15) is 5.10 Å². The Hall–Kier alpha value is -2.75. The fourth-order valence-electron chi connectivity index (χ4n) is 5.96. The molecule has 9 heteroatoms. The van der Waals surface area contributed by atoms with E-state index in [2.05, 4.69) is 60.3 Å². The van der Waals surface area contributed by atoms with Gasteiger partial charge in [-0.3, -0.25) is 4.79 Å². The van der Waals surface area contributed by atoms with Crippen LogP contribution in [0.4, 0.5) is 0 Å². The number of rotatable bonds is 4. The van der Waals surface area contributed by atoms with Crippen LogP contribution in [0.2, 0.25) is 0 Å². The van der Waals surface area contributed by atoms with Crippen molar-refractivity contribution in [2.45, 2.75) is 58.5 Å². The van der Waals surface area contributed by atoms with E-state index in [-0.39, 0.29) is 12.0 Å². The molecular formula is C27H34N6O2S. The number of amides is 1. The van der Waals surface area contributed by atoms with Gasteiger partial charge < -0.3 is 19.9 Å². The molecule has 0 aliphatic carbocycles. The fourth-order valence-corrected chi connectivity index (χ4v) is 7.36. The number of hydrogen-bond acceptors (Lipinski definition) is 6. The standard InChI is InChI=1S/C27H34N6O2S/c1-15(2)21-22-17(4)24(18-5-8-32(9-6-18)27(34)20-12-28-7-10-35-20)36-26(22)31-23(21)19-11-16(3)25-29-14-30-33(25)13-19/h11,13-15,18,20,28,31H,5-10,12H2,1-4H3/t20-/m0/s1. The Morgan fingerprint density at radius 1 is 1.25 bits per heavy atom. The maximum atomic E-state index is 12.9. The second kappa shape index (κ2) is 9.28. The predicted molar refractivity (Wildman–Crippen MR) is 143 cm³/mol. The highest BCUT2D eigenvalue weighted by Crippen LogP contribution is 2.46. The Morgan fingerprint density at radius 3 is 2.78 bits per heavy atom. The molecule has 8 nitrogen and oxygen atoms in total. The van der Waals surface area contributed by atoms with E-state index in [4.69, 9.17) is 4.74 Å². The van der Waals surface area contributed by atoms with Crippen LogP contribution in [-0.2, 0) is 9.53 Å². The van der Waals surface area contributed by atoms with Crippen molar-refractivity contribution >= 4 is 33.1 Å². The van der Waals surface area contributed by atoms with Gasteiger partial charge in [-0.1, -0.05) is 13.8 Å². The number of aromatic nitrogens is 4. The van der Waals surface area contributed by atoms with Crippen molar-refractivity contribution in [3.63, 3.8) is 0 Å². The molecule has 2 N–H and O–H groups in total. The number of aryl methyl sites for hydroxylation is 2. The van der Waals surface area contributed by atoms with Crippen molar-refractivity contribution in [2.24, 2.45) is 0 Å². The number of ether oxygens (including phenoxy) is 1. The minimum atomic E-state index is -0.329. The number of fused-ring (bicyclic) bond motifs is 2. The molecule has 2 fully saturated rings. The molecule has 0 saturated carbocycles. The molecular weight excluding hydrogens is 472 g/mol. The summed E-state index contributed by atoms with van der Waals surface area (Å²) in [6, 6.07) is 2.21. The fraction of sp³-hybridized carbons (Fsp3) is 0.519. The molecule has 1 amide bonds. The van der Waals surface area contributed by atoms with E-state index in [1.165, 1.54) is 31.9 Å². The van der Waals surface area contributed by atoms with Crippen LogP contribution in [0.1, 0.15) is 60.1 Å². The highest BCUT2D eigenvalue weighted by molar-refractivity contribution is 7.19. The number of thiophene rings is 1. The summed E-state index contributed by atoms with van der Waals surface area (Å²) in [6.45, 7) is 12.6. The van der Waals surface area contributed by atoms with Crippen molar-refractivity contribution < 1.29 is 9.53 Å². The highest BCUT2D eigenvalue weighted by Gasteiger charge is 2.32. The number of pyridine rings is 1. The van der Waals surface area contributed by atoms with Crippen LogP contribution < -0.4 is 5.32 Å². The molecule has 2 aliphatic rings. The van der Waals surface area contributed by atoms with E-state index in [0.717, 1.165) is 49.2 Å². The van der Waals surface area contributed by atoms with E-state index in [9.17, 15) is 4.79 Å². The first-order valence-electron chi connectivity index (χ1n) is 13.0. The lowest BCUT2D eigenvalue weighted by Crippen LogP contribution is -2.51. The van der Waals surface area contributed by atoms with Crippen molar-refractivity contribution in [1.29, 1.82) is 0 Å². The molecule has 4 aromatic rings. The van der Waals surface area contributed by atoms with Gasteiger partial charge in [0.1, 0.15) is 17.3 Å². The first-order chi connectivity index (χ1) is 17.4. The average Bonchev–Trinajstić information content (AvgIpc) is 3.59. The molecule has 4 aromatic heterocycles. The summed E-state index contributed by atoms with van der Waals surface area (Å²) in [6.07, 6.45) is 5.36. The largest absolute Gasteiger partial charge is 0.366 e. The molecule has 0 aromatic carbocycles. The van der Waals surface area contributed by atoms with Crippen LogP contribution in [0.15, 0.2) is 18.6 Å². The Bertz CT molecular complexity index is 1420. The molecule has 0 unspecified atom stereocenters. The Morgan fingerprint density at radius 2 is 2.06 bits per heavy atom. The van der Waals surface area contributed by atoms with Crippen LogP contribution in [0.5, 0.6) is 0 Å². The van der Waals surface area contributed by atoms with Gasteiger partial charge in [0.2, 0.25) is 0 Å². The van der Waals surface area contributed by atoms with Gasteiger partial charge in [0, 0.05) is 48.2 Å². The molecule has 0 spiro atoms. The third kappa shape index (κ3) is 3.93. The van der Waals surface area contributed by atoms with Gasteiger partial charge in [0.15, 0.2) is 5.65 Å². The number of likely N-dealkylation sites (tertiary alicyclic amines) is 1.